The summed E-state index contributed by atoms with van der Waals surface area (Å²) in [5.74, 6) is 0.846. The Labute approximate surface area is 92.9 Å². The second-order valence-electron chi connectivity index (χ2n) is 3.50. The maximum absolute atomic E-state index is 8.83. The fourth-order valence-electron chi connectivity index (χ4n) is 1.35. The fraction of sp³-hybridized carbons (Fsp3) is 0.273. The van der Waals surface area contributed by atoms with E-state index in [1.165, 1.54) is 0 Å². The van der Waals surface area contributed by atoms with Crippen LogP contribution in [0, 0.1) is 0 Å². The van der Waals surface area contributed by atoms with E-state index < -0.39 is 6.04 Å². The Kier molecular flexibility index (Phi) is 3.28. The summed E-state index contributed by atoms with van der Waals surface area (Å²) in [6, 6.07) is 9.24. The van der Waals surface area contributed by atoms with Gasteiger partial charge in [-0.2, -0.15) is 4.98 Å². The maximum Gasteiger partial charge on any atom is 0.245 e. The van der Waals surface area contributed by atoms with Crippen molar-refractivity contribution in [2.24, 2.45) is 5.73 Å². The molecule has 1 aromatic carbocycles. The molecule has 0 aliphatic carbocycles. The molecule has 0 fully saturated rings. The number of aromatic nitrogens is 2. The van der Waals surface area contributed by atoms with Gasteiger partial charge < -0.3 is 15.4 Å². The lowest BCUT2D eigenvalue weighted by atomic mass is 10.1. The third-order valence-corrected chi connectivity index (χ3v) is 2.20. The van der Waals surface area contributed by atoms with Gasteiger partial charge in [-0.15, -0.1) is 0 Å². The van der Waals surface area contributed by atoms with Gasteiger partial charge in [0.05, 0.1) is 6.61 Å². The zero-order valence-corrected chi connectivity index (χ0v) is 8.71. The second-order valence-corrected chi connectivity index (χ2v) is 3.50. The van der Waals surface area contributed by atoms with Crippen molar-refractivity contribution in [2.75, 3.05) is 6.61 Å². The van der Waals surface area contributed by atoms with Crippen LogP contribution in [0.4, 0.5) is 0 Å². The Hall–Kier alpha value is -1.72. The van der Waals surface area contributed by atoms with E-state index in [2.05, 4.69) is 10.1 Å². The molecule has 0 aliphatic rings. The minimum Gasteiger partial charge on any atom is -0.394 e. The van der Waals surface area contributed by atoms with Crippen LogP contribution in [0.25, 0.3) is 0 Å². The third-order valence-electron chi connectivity index (χ3n) is 2.20. The van der Waals surface area contributed by atoms with E-state index in [0.717, 1.165) is 5.56 Å². The van der Waals surface area contributed by atoms with E-state index in [1.54, 1.807) is 0 Å². The lowest BCUT2D eigenvalue weighted by molar-refractivity contribution is 0.236. The topological polar surface area (TPSA) is 85.2 Å². The summed E-state index contributed by atoms with van der Waals surface area (Å²) in [5, 5.41) is 12.6. The molecule has 0 aliphatic heterocycles. The normalized spacial score (nSPS) is 12.6. The fourth-order valence-corrected chi connectivity index (χ4v) is 1.35. The van der Waals surface area contributed by atoms with Crippen LogP contribution in [0.2, 0.25) is 0 Å². The van der Waals surface area contributed by atoms with Crippen molar-refractivity contribution in [3.8, 4) is 0 Å². The van der Waals surface area contributed by atoms with Gasteiger partial charge in [-0.1, -0.05) is 35.5 Å². The van der Waals surface area contributed by atoms with Crippen molar-refractivity contribution in [1.82, 2.24) is 10.1 Å². The molecule has 1 aromatic heterocycles. The van der Waals surface area contributed by atoms with Gasteiger partial charge in [0.15, 0.2) is 5.82 Å². The van der Waals surface area contributed by atoms with Crippen LogP contribution in [0.3, 0.4) is 0 Å². The minimum atomic E-state index is -0.600. The molecule has 5 heteroatoms. The van der Waals surface area contributed by atoms with Crippen LogP contribution < -0.4 is 5.73 Å². The van der Waals surface area contributed by atoms with Crippen molar-refractivity contribution >= 4 is 0 Å². The first-order chi connectivity index (χ1) is 7.79. The SMILES string of the molecule is N[C@@H](CO)c1nc(Cc2ccccc2)no1. The Morgan fingerprint density at radius 2 is 2.06 bits per heavy atom. The molecule has 1 heterocycles. The molecule has 0 saturated heterocycles. The molecule has 3 N–H and O–H groups in total. The van der Waals surface area contributed by atoms with E-state index in [4.69, 9.17) is 15.4 Å². The summed E-state index contributed by atoms with van der Waals surface area (Å²) < 4.78 is 4.94. The van der Waals surface area contributed by atoms with Crippen molar-refractivity contribution < 1.29 is 9.63 Å². The molecule has 2 aromatic rings. The highest BCUT2D eigenvalue weighted by molar-refractivity contribution is 5.18. The number of benzene rings is 1. The lowest BCUT2D eigenvalue weighted by Gasteiger charge is -1.98. The quantitative estimate of drug-likeness (QED) is 0.788. The number of aliphatic hydroxyl groups excluding tert-OH is 1. The Bertz CT molecular complexity index is 442. The molecule has 84 valence electrons. The summed E-state index contributed by atoms with van der Waals surface area (Å²) in [6.45, 7) is -0.201. The van der Waals surface area contributed by atoms with Crippen LogP contribution in [-0.2, 0) is 6.42 Å². The summed E-state index contributed by atoms with van der Waals surface area (Å²) in [7, 11) is 0. The number of nitrogens with two attached hydrogens (primary N) is 1. The molecule has 0 unspecified atom stereocenters. The van der Waals surface area contributed by atoms with Gasteiger partial charge in [-0.3, -0.25) is 0 Å². The van der Waals surface area contributed by atoms with Gasteiger partial charge in [0.25, 0.3) is 0 Å². The number of hydrogen-bond donors (Lipinski definition) is 2. The summed E-state index contributed by atoms with van der Waals surface area (Å²) in [6.07, 6.45) is 0.600. The van der Waals surface area contributed by atoms with Crippen LogP contribution in [0.1, 0.15) is 23.3 Å². The standard InChI is InChI=1S/C11H13N3O2/c12-9(7-15)11-13-10(14-16-11)6-8-4-2-1-3-5-8/h1-5,9,15H,6-7,12H2/t9-/m0/s1. The molecule has 2 rings (SSSR count). The van der Waals surface area contributed by atoms with Gasteiger partial charge >= 0.3 is 0 Å². The molecule has 0 spiro atoms. The molecular weight excluding hydrogens is 206 g/mol. The molecule has 0 bridgehead atoms. The summed E-state index contributed by atoms with van der Waals surface area (Å²) >= 11 is 0. The van der Waals surface area contributed by atoms with Gasteiger partial charge in [0.2, 0.25) is 5.89 Å². The highest BCUT2D eigenvalue weighted by Gasteiger charge is 2.13. The van der Waals surface area contributed by atoms with Gasteiger partial charge in [-0.25, -0.2) is 0 Å². The predicted molar refractivity (Wildman–Crippen MR) is 57.6 cm³/mol. The van der Waals surface area contributed by atoms with Crippen LogP contribution in [0.15, 0.2) is 34.9 Å². The molecule has 5 nitrogen and oxygen atoms in total. The maximum atomic E-state index is 8.83. The molecular formula is C11H13N3O2. The smallest absolute Gasteiger partial charge is 0.245 e. The van der Waals surface area contributed by atoms with Crippen molar-refractivity contribution in [3.63, 3.8) is 0 Å². The van der Waals surface area contributed by atoms with E-state index in [9.17, 15) is 0 Å². The first-order valence-corrected chi connectivity index (χ1v) is 5.02. The Morgan fingerprint density at radius 1 is 1.31 bits per heavy atom. The largest absolute Gasteiger partial charge is 0.394 e. The highest BCUT2D eigenvalue weighted by Crippen LogP contribution is 2.10. The molecule has 16 heavy (non-hydrogen) atoms. The zero-order valence-electron chi connectivity index (χ0n) is 8.71. The second kappa shape index (κ2) is 4.87. The van der Waals surface area contributed by atoms with Crippen LogP contribution >= 0.6 is 0 Å². The van der Waals surface area contributed by atoms with Crippen LogP contribution in [-0.4, -0.2) is 21.9 Å². The number of aliphatic hydroxyl groups is 1. The monoisotopic (exact) mass is 219 g/mol. The zero-order chi connectivity index (χ0) is 11.4. The van der Waals surface area contributed by atoms with E-state index in [0.29, 0.717) is 12.2 Å². The average Bonchev–Trinajstić information content (AvgIpc) is 2.78. The first kappa shape index (κ1) is 10.8. The lowest BCUT2D eigenvalue weighted by Crippen LogP contribution is -2.14. The van der Waals surface area contributed by atoms with E-state index in [-0.39, 0.29) is 12.5 Å². The number of nitrogens with zero attached hydrogens (tertiary/aromatic N) is 2. The molecule has 0 amide bonds. The van der Waals surface area contributed by atoms with Crippen molar-refractivity contribution in [3.05, 3.63) is 47.6 Å². The molecule has 0 radical (unpaired) electrons. The number of hydrogen-bond acceptors (Lipinski definition) is 5. The van der Waals surface area contributed by atoms with Gasteiger partial charge in [0.1, 0.15) is 6.04 Å². The third kappa shape index (κ3) is 2.44. The van der Waals surface area contributed by atoms with Crippen LogP contribution in [0.5, 0.6) is 0 Å². The Morgan fingerprint density at radius 3 is 2.75 bits per heavy atom. The van der Waals surface area contributed by atoms with E-state index >= 15 is 0 Å². The average molecular weight is 219 g/mol. The van der Waals surface area contributed by atoms with Gasteiger partial charge in [0, 0.05) is 6.42 Å². The van der Waals surface area contributed by atoms with E-state index in [1.807, 2.05) is 30.3 Å². The highest BCUT2D eigenvalue weighted by atomic mass is 16.5. The minimum absolute atomic E-state index is 0.201. The van der Waals surface area contributed by atoms with Gasteiger partial charge in [-0.05, 0) is 5.56 Å². The molecule has 1 atom stereocenters. The predicted octanol–water partition coefficient (Wildman–Crippen LogP) is 0.652. The number of rotatable bonds is 4. The summed E-state index contributed by atoms with van der Waals surface area (Å²) in [4.78, 5) is 4.11. The van der Waals surface area contributed by atoms with Crippen molar-refractivity contribution in [1.29, 1.82) is 0 Å². The summed E-state index contributed by atoms with van der Waals surface area (Å²) in [5.41, 5.74) is 6.66. The van der Waals surface area contributed by atoms with Crippen molar-refractivity contribution in [2.45, 2.75) is 12.5 Å². The molecule has 0 saturated carbocycles. The first-order valence-electron chi connectivity index (χ1n) is 5.02. The Balaban J connectivity index is 2.09.